The molecular weight excluding hydrogens is 414 g/mol. The zero-order valence-corrected chi connectivity index (χ0v) is 18.2. The Morgan fingerprint density at radius 3 is 2.26 bits per heavy atom. The summed E-state index contributed by atoms with van der Waals surface area (Å²) in [4.78, 5) is 5.85. The fraction of sp³-hybridized carbons (Fsp3) is 0.364. The molecule has 2 aliphatic heterocycles. The van der Waals surface area contributed by atoms with Gasteiger partial charge in [-0.05, 0) is 18.6 Å². The minimum atomic E-state index is -3.59. The van der Waals surface area contributed by atoms with Gasteiger partial charge in [-0.1, -0.05) is 42.5 Å². The third kappa shape index (κ3) is 3.89. The van der Waals surface area contributed by atoms with Crippen molar-refractivity contribution in [3.63, 3.8) is 0 Å². The molecule has 0 spiro atoms. The molecule has 0 radical (unpaired) electrons. The van der Waals surface area contributed by atoms with E-state index in [1.54, 1.807) is 10.4 Å². The number of benzene rings is 2. The second-order valence-electron chi connectivity index (χ2n) is 8.00. The standard InChI is InChI=1S/C22H25N5O3S/c1-16-7-8-18(22-23-21(24-25-22)17-5-3-2-4-6-17)13-20(16)31(28,29)27-11-9-26(10-12-27)19-14-30-15-19/h2-8,13,19H,9-12,14-15H2,1H3,(H,23,24,25). The van der Waals surface area contributed by atoms with Crippen molar-refractivity contribution in [3.05, 3.63) is 54.1 Å². The van der Waals surface area contributed by atoms with Crippen LogP contribution in [0.4, 0.5) is 0 Å². The van der Waals surface area contributed by atoms with E-state index >= 15 is 0 Å². The van der Waals surface area contributed by atoms with Crippen LogP contribution in [0.15, 0.2) is 53.4 Å². The maximum Gasteiger partial charge on any atom is 0.243 e. The van der Waals surface area contributed by atoms with E-state index in [9.17, 15) is 8.42 Å². The van der Waals surface area contributed by atoms with Crippen molar-refractivity contribution in [2.75, 3.05) is 39.4 Å². The Bertz CT molecular complexity index is 1170. The Balaban J connectivity index is 1.39. The first kappa shape index (κ1) is 20.3. The molecule has 1 N–H and O–H groups in total. The summed E-state index contributed by atoms with van der Waals surface area (Å²) in [7, 11) is -3.59. The van der Waals surface area contributed by atoms with E-state index in [2.05, 4.69) is 20.1 Å². The van der Waals surface area contributed by atoms with Gasteiger partial charge in [0, 0.05) is 37.3 Å². The number of aryl methyl sites for hydroxylation is 1. The van der Waals surface area contributed by atoms with Gasteiger partial charge in [0.1, 0.15) is 0 Å². The SMILES string of the molecule is Cc1ccc(-c2nnc(-c3ccccc3)[nH]2)cc1S(=O)(=O)N1CCN(C2COC2)CC1. The molecule has 2 fully saturated rings. The molecule has 5 rings (SSSR count). The van der Waals surface area contributed by atoms with Crippen LogP contribution in [-0.4, -0.2) is 78.2 Å². The lowest BCUT2D eigenvalue weighted by Crippen LogP contribution is -2.57. The number of hydrogen-bond acceptors (Lipinski definition) is 6. The third-order valence-corrected chi connectivity index (χ3v) is 8.06. The van der Waals surface area contributed by atoms with E-state index in [-0.39, 0.29) is 0 Å². The summed E-state index contributed by atoms with van der Waals surface area (Å²) in [6.07, 6.45) is 0. The zero-order chi connectivity index (χ0) is 21.4. The van der Waals surface area contributed by atoms with Gasteiger partial charge in [-0.15, -0.1) is 10.2 Å². The average Bonchev–Trinajstić information content (AvgIpc) is 3.24. The van der Waals surface area contributed by atoms with Crippen molar-refractivity contribution in [3.8, 4) is 22.8 Å². The van der Waals surface area contributed by atoms with Gasteiger partial charge in [0.2, 0.25) is 10.0 Å². The molecule has 0 aliphatic carbocycles. The number of nitrogens with one attached hydrogen (secondary N) is 1. The van der Waals surface area contributed by atoms with Crippen molar-refractivity contribution in [2.45, 2.75) is 17.9 Å². The average molecular weight is 440 g/mol. The molecule has 3 heterocycles. The molecule has 2 aliphatic rings. The minimum Gasteiger partial charge on any atom is -0.378 e. The van der Waals surface area contributed by atoms with Gasteiger partial charge in [-0.2, -0.15) is 4.31 Å². The van der Waals surface area contributed by atoms with E-state index in [4.69, 9.17) is 4.74 Å². The van der Waals surface area contributed by atoms with Gasteiger partial charge in [0.15, 0.2) is 11.6 Å². The predicted octanol–water partition coefficient (Wildman–Crippen LogP) is 2.15. The Labute approximate surface area is 181 Å². The number of aromatic amines is 1. The lowest BCUT2D eigenvalue weighted by molar-refractivity contribution is -0.0721. The quantitative estimate of drug-likeness (QED) is 0.655. The maximum absolute atomic E-state index is 13.4. The molecule has 1 aromatic heterocycles. The Kier molecular flexibility index (Phi) is 5.35. The molecule has 0 saturated carbocycles. The lowest BCUT2D eigenvalue weighted by Gasteiger charge is -2.42. The molecule has 3 aromatic rings. The molecule has 162 valence electrons. The molecule has 8 nitrogen and oxygen atoms in total. The van der Waals surface area contributed by atoms with Gasteiger partial charge in [0.25, 0.3) is 0 Å². The minimum absolute atomic E-state index is 0.322. The van der Waals surface area contributed by atoms with Crippen molar-refractivity contribution < 1.29 is 13.2 Å². The van der Waals surface area contributed by atoms with Crippen molar-refractivity contribution >= 4 is 10.0 Å². The van der Waals surface area contributed by atoms with E-state index < -0.39 is 10.0 Å². The number of rotatable bonds is 5. The number of ether oxygens (including phenoxy) is 1. The number of aromatic nitrogens is 3. The van der Waals surface area contributed by atoms with E-state index in [1.807, 2.05) is 49.4 Å². The van der Waals surface area contributed by atoms with Gasteiger partial charge in [-0.3, -0.25) is 4.90 Å². The fourth-order valence-electron chi connectivity index (χ4n) is 4.03. The number of piperazine rings is 1. The van der Waals surface area contributed by atoms with E-state index in [1.165, 1.54) is 0 Å². The summed E-state index contributed by atoms with van der Waals surface area (Å²) in [6, 6.07) is 15.5. The molecule has 2 saturated heterocycles. The number of hydrogen-bond donors (Lipinski definition) is 1. The first-order valence-corrected chi connectivity index (χ1v) is 11.9. The normalized spacial score (nSPS) is 18.7. The van der Waals surface area contributed by atoms with Crippen LogP contribution in [0.1, 0.15) is 5.56 Å². The van der Waals surface area contributed by atoms with Crippen LogP contribution in [0.3, 0.4) is 0 Å². The van der Waals surface area contributed by atoms with E-state index in [0.717, 1.165) is 37.4 Å². The highest BCUT2D eigenvalue weighted by atomic mass is 32.2. The number of sulfonamides is 1. The van der Waals surface area contributed by atoms with Crippen molar-refractivity contribution in [2.24, 2.45) is 0 Å². The zero-order valence-electron chi connectivity index (χ0n) is 17.4. The number of H-pyrrole nitrogens is 1. The molecule has 0 unspecified atom stereocenters. The fourth-order valence-corrected chi connectivity index (χ4v) is 5.70. The summed E-state index contributed by atoms with van der Waals surface area (Å²) in [5.74, 6) is 1.20. The topological polar surface area (TPSA) is 91.4 Å². The summed E-state index contributed by atoms with van der Waals surface area (Å²) in [6.45, 7) is 5.76. The highest BCUT2D eigenvalue weighted by molar-refractivity contribution is 7.89. The summed E-state index contributed by atoms with van der Waals surface area (Å²) >= 11 is 0. The first-order chi connectivity index (χ1) is 15.0. The monoisotopic (exact) mass is 439 g/mol. The van der Waals surface area contributed by atoms with E-state index in [0.29, 0.717) is 41.2 Å². The Morgan fingerprint density at radius 2 is 1.61 bits per heavy atom. The van der Waals surface area contributed by atoms with Crippen LogP contribution in [0.2, 0.25) is 0 Å². The van der Waals surface area contributed by atoms with Crippen molar-refractivity contribution in [1.82, 2.24) is 24.4 Å². The van der Waals surface area contributed by atoms with Crippen molar-refractivity contribution in [1.29, 1.82) is 0 Å². The van der Waals surface area contributed by atoms with Gasteiger partial charge < -0.3 is 9.72 Å². The number of nitrogens with zero attached hydrogens (tertiary/aromatic N) is 4. The second-order valence-corrected chi connectivity index (χ2v) is 9.91. The van der Waals surface area contributed by atoms with Gasteiger partial charge >= 0.3 is 0 Å². The molecule has 0 atom stereocenters. The largest absolute Gasteiger partial charge is 0.378 e. The van der Waals surface area contributed by atoms with Gasteiger partial charge in [0.05, 0.1) is 24.2 Å². The van der Waals surface area contributed by atoms with Crippen LogP contribution in [0.5, 0.6) is 0 Å². The highest BCUT2D eigenvalue weighted by Gasteiger charge is 2.34. The molecule has 9 heteroatoms. The van der Waals surface area contributed by atoms with Gasteiger partial charge in [-0.25, -0.2) is 8.42 Å². The van der Waals surface area contributed by atoms with Crippen LogP contribution < -0.4 is 0 Å². The van der Waals surface area contributed by atoms with Crippen LogP contribution in [-0.2, 0) is 14.8 Å². The summed E-state index contributed by atoms with van der Waals surface area (Å²) in [5.41, 5.74) is 2.35. The van der Waals surface area contributed by atoms with Crippen LogP contribution in [0.25, 0.3) is 22.8 Å². The predicted molar refractivity (Wildman–Crippen MR) is 117 cm³/mol. The molecule has 2 aromatic carbocycles. The van der Waals surface area contributed by atoms with Crippen LogP contribution >= 0.6 is 0 Å². The second kappa shape index (κ2) is 8.16. The van der Waals surface area contributed by atoms with Crippen LogP contribution in [0, 0.1) is 6.92 Å². The molecule has 0 amide bonds. The summed E-state index contributed by atoms with van der Waals surface area (Å²) < 4.78 is 33.7. The summed E-state index contributed by atoms with van der Waals surface area (Å²) in [5, 5.41) is 8.46. The molecule has 0 bridgehead atoms. The Morgan fingerprint density at radius 1 is 0.935 bits per heavy atom. The Hall–Kier alpha value is -2.59. The first-order valence-electron chi connectivity index (χ1n) is 10.4. The third-order valence-electron chi connectivity index (χ3n) is 6.02. The molecular formula is C22H25N5O3S. The maximum atomic E-state index is 13.4. The molecule has 31 heavy (non-hydrogen) atoms. The lowest BCUT2D eigenvalue weighted by atomic mass is 10.1. The highest BCUT2D eigenvalue weighted by Crippen LogP contribution is 2.27. The smallest absolute Gasteiger partial charge is 0.243 e.